The van der Waals surface area contributed by atoms with Crippen LogP contribution in [0.5, 0.6) is 0 Å². The maximum absolute atomic E-state index is 12.4. The molecule has 0 aliphatic rings. The van der Waals surface area contributed by atoms with E-state index in [9.17, 15) is 9.59 Å². The first kappa shape index (κ1) is 16.4. The zero-order valence-electron chi connectivity index (χ0n) is 13.2. The van der Waals surface area contributed by atoms with Crippen LogP contribution in [0, 0.1) is 13.8 Å². The van der Waals surface area contributed by atoms with Gasteiger partial charge in [0.05, 0.1) is 0 Å². The van der Waals surface area contributed by atoms with Gasteiger partial charge in [0.25, 0.3) is 11.8 Å². The number of amides is 2. The molecule has 0 radical (unpaired) electrons. The second-order valence-electron chi connectivity index (χ2n) is 5.13. The molecule has 0 bridgehead atoms. The molecule has 2 N–H and O–H groups in total. The van der Waals surface area contributed by atoms with Crippen molar-refractivity contribution in [3.05, 3.63) is 71.6 Å². The molecule has 0 fully saturated rings. The first-order valence-corrected chi connectivity index (χ1v) is 7.25. The van der Waals surface area contributed by atoms with Gasteiger partial charge in [0.2, 0.25) is 0 Å². The number of anilines is 1. The Morgan fingerprint density at radius 3 is 2.74 bits per heavy atom. The molecule has 2 aromatic rings. The van der Waals surface area contributed by atoms with Crippen LogP contribution in [0.15, 0.2) is 49.2 Å². The number of aromatic nitrogens is 1. The number of carbonyl (C=O) groups excluding carboxylic acids is 2. The Balaban J connectivity index is 2.18. The Labute approximate surface area is 135 Å². The smallest absolute Gasteiger partial charge is 0.270 e. The standard InChI is InChI=1S/C18H19N3O2/c1-4-9-20-18(23)16-11-14(8-10-19-16)17(22)21-15-7-5-6-12(2)13(15)3/h4-8,10-11H,1,9H2,2-3H3,(H,20,23)(H,21,22). The normalized spacial score (nSPS) is 10.0. The summed E-state index contributed by atoms with van der Waals surface area (Å²) in [7, 11) is 0. The summed E-state index contributed by atoms with van der Waals surface area (Å²) in [4.78, 5) is 28.2. The van der Waals surface area contributed by atoms with E-state index >= 15 is 0 Å². The topological polar surface area (TPSA) is 71.1 Å². The number of rotatable bonds is 5. The molecule has 2 rings (SSSR count). The number of hydrogen-bond donors (Lipinski definition) is 2. The molecule has 1 aromatic carbocycles. The van der Waals surface area contributed by atoms with Gasteiger partial charge in [-0.2, -0.15) is 0 Å². The van der Waals surface area contributed by atoms with E-state index < -0.39 is 0 Å². The fourth-order valence-corrected chi connectivity index (χ4v) is 2.03. The number of hydrogen-bond acceptors (Lipinski definition) is 3. The Morgan fingerprint density at radius 1 is 1.22 bits per heavy atom. The highest BCUT2D eigenvalue weighted by atomic mass is 16.2. The van der Waals surface area contributed by atoms with E-state index in [1.165, 1.54) is 12.3 Å². The van der Waals surface area contributed by atoms with Crippen LogP contribution >= 0.6 is 0 Å². The second kappa shape index (κ2) is 7.35. The summed E-state index contributed by atoms with van der Waals surface area (Å²) in [5, 5.41) is 5.49. The Morgan fingerprint density at radius 2 is 2.00 bits per heavy atom. The number of aryl methyl sites for hydroxylation is 1. The summed E-state index contributed by atoms with van der Waals surface area (Å²) >= 11 is 0. The molecule has 5 heteroatoms. The van der Waals surface area contributed by atoms with Crippen molar-refractivity contribution in [2.24, 2.45) is 0 Å². The van der Waals surface area contributed by atoms with Gasteiger partial charge in [-0.05, 0) is 43.2 Å². The molecular formula is C18H19N3O2. The highest BCUT2D eigenvalue weighted by Gasteiger charge is 2.12. The van der Waals surface area contributed by atoms with E-state index in [0.29, 0.717) is 12.1 Å². The van der Waals surface area contributed by atoms with Crippen molar-refractivity contribution in [2.45, 2.75) is 13.8 Å². The van der Waals surface area contributed by atoms with Gasteiger partial charge in [-0.3, -0.25) is 14.6 Å². The third kappa shape index (κ3) is 4.03. The van der Waals surface area contributed by atoms with Crippen LogP contribution in [0.2, 0.25) is 0 Å². The lowest BCUT2D eigenvalue weighted by molar-refractivity contribution is 0.0953. The van der Waals surface area contributed by atoms with Crippen molar-refractivity contribution in [2.75, 3.05) is 11.9 Å². The lowest BCUT2D eigenvalue weighted by Gasteiger charge is -2.10. The third-order valence-electron chi connectivity index (χ3n) is 3.51. The van der Waals surface area contributed by atoms with Crippen molar-refractivity contribution in [1.82, 2.24) is 10.3 Å². The zero-order chi connectivity index (χ0) is 16.8. The minimum Gasteiger partial charge on any atom is -0.347 e. The van der Waals surface area contributed by atoms with E-state index in [1.54, 1.807) is 12.1 Å². The fourth-order valence-electron chi connectivity index (χ4n) is 2.03. The van der Waals surface area contributed by atoms with E-state index in [-0.39, 0.29) is 17.5 Å². The molecule has 0 aliphatic carbocycles. The van der Waals surface area contributed by atoms with E-state index in [2.05, 4.69) is 22.2 Å². The Kier molecular flexibility index (Phi) is 5.25. The second-order valence-corrected chi connectivity index (χ2v) is 5.13. The predicted molar refractivity (Wildman–Crippen MR) is 90.6 cm³/mol. The molecule has 0 saturated carbocycles. The van der Waals surface area contributed by atoms with E-state index in [0.717, 1.165) is 16.8 Å². The van der Waals surface area contributed by atoms with E-state index in [1.807, 2.05) is 32.0 Å². The highest BCUT2D eigenvalue weighted by molar-refractivity contribution is 6.06. The van der Waals surface area contributed by atoms with E-state index in [4.69, 9.17) is 0 Å². The van der Waals surface area contributed by atoms with Crippen LogP contribution in [-0.4, -0.2) is 23.3 Å². The third-order valence-corrected chi connectivity index (χ3v) is 3.51. The highest BCUT2D eigenvalue weighted by Crippen LogP contribution is 2.18. The average Bonchev–Trinajstić information content (AvgIpc) is 2.57. The monoisotopic (exact) mass is 309 g/mol. The molecule has 0 spiro atoms. The molecule has 1 aromatic heterocycles. The van der Waals surface area contributed by atoms with Gasteiger partial charge in [-0.1, -0.05) is 18.2 Å². The largest absolute Gasteiger partial charge is 0.347 e. The van der Waals surface area contributed by atoms with Crippen LogP contribution in [0.25, 0.3) is 0 Å². The Bertz CT molecular complexity index is 754. The lowest BCUT2D eigenvalue weighted by Crippen LogP contribution is -2.24. The number of pyridine rings is 1. The summed E-state index contributed by atoms with van der Waals surface area (Å²) in [6.45, 7) is 7.82. The minimum atomic E-state index is -0.341. The van der Waals surface area contributed by atoms with Gasteiger partial charge < -0.3 is 10.6 Å². The van der Waals surface area contributed by atoms with Gasteiger partial charge in [0, 0.05) is 24.0 Å². The van der Waals surface area contributed by atoms with Gasteiger partial charge >= 0.3 is 0 Å². The molecule has 118 valence electrons. The van der Waals surface area contributed by atoms with Crippen molar-refractivity contribution < 1.29 is 9.59 Å². The number of nitrogens with one attached hydrogen (secondary N) is 2. The molecule has 0 aliphatic heterocycles. The average molecular weight is 309 g/mol. The molecule has 2 amide bonds. The van der Waals surface area contributed by atoms with Gasteiger partial charge in [0.1, 0.15) is 5.69 Å². The van der Waals surface area contributed by atoms with Crippen molar-refractivity contribution >= 4 is 17.5 Å². The minimum absolute atomic E-state index is 0.195. The van der Waals surface area contributed by atoms with Gasteiger partial charge in [0.15, 0.2) is 0 Å². The molecule has 0 atom stereocenters. The van der Waals surface area contributed by atoms with Crippen LogP contribution in [0.3, 0.4) is 0 Å². The van der Waals surface area contributed by atoms with Crippen LogP contribution in [-0.2, 0) is 0 Å². The molecule has 0 unspecified atom stereocenters. The molecule has 5 nitrogen and oxygen atoms in total. The van der Waals surface area contributed by atoms with Gasteiger partial charge in [-0.15, -0.1) is 6.58 Å². The van der Waals surface area contributed by atoms with Crippen molar-refractivity contribution in [1.29, 1.82) is 0 Å². The zero-order valence-corrected chi connectivity index (χ0v) is 13.2. The Hall–Kier alpha value is -2.95. The molecule has 0 saturated heterocycles. The molecular weight excluding hydrogens is 290 g/mol. The number of benzene rings is 1. The first-order chi connectivity index (χ1) is 11.0. The summed E-state index contributed by atoms with van der Waals surface area (Å²) < 4.78 is 0. The van der Waals surface area contributed by atoms with Gasteiger partial charge in [-0.25, -0.2) is 0 Å². The first-order valence-electron chi connectivity index (χ1n) is 7.25. The SMILES string of the molecule is C=CCNC(=O)c1cc(C(=O)Nc2cccc(C)c2C)ccn1. The summed E-state index contributed by atoms with van der Waals surface area (Å²) in [5.41, 5.74) is 3.44. The summed E-state index contributed by atoms with van der Waals surface area (Å²) in [6.07, 6.45) is 3.02. The molecule has 1 heterocycles. The summed E-state index contributed by atoms with van der Waals surface area (Å²) in [5.74, 6) is -0.620. The molecule has 23 heavy (non-hydrogen) atoms. The van der Waals surface area contributed by atoms with Crippen LogP contribution in [0.4, 0.5) is 5.69 Å². The van der Waals surface area contributed by atoms with Crippen molar-refractivity contribution in [3.63, 3.8) is 0 Å². The summed E-state index contributed by atoms with van der Waals surface area (Å²) in [6, 6.07) is 8.76. The van der Waals surface area contributed by atoms with Crippen molar-refractivity contribution in [3.8, 4) is 0 Å². The van der Waals surface area contributed by atoms with Crippen LogP contribution in [0.1, 0.15) is 32.0 Å². The number of nitrogens with zero attached hydrogens (tertiary/aromatic N) is 1. The predicted octanol–water partition coefficient (Wildman–Crippen LogP) is 2.87. The fraction of sp³-hybridized carbons (Fsp3) is 0.167. The quantitative estimate of drug-likeness (QED) is 0.834. The van der Waals surface area contributed by atoms with Crippen LogP contribution < -0.4 is 10.6 Å². The maximum Gasteiger partial charge on any atom is 0.270 e. The maximum atomic E-state index is 12.4. The number of carbonyl (C=O) groups is 2. The lowest BCUT2D eigenvalue weighted by atomic mass is 10.1.